The van der Waals surface area contributed by atoms with E-state index in [0.717, 1.165) is 12.5 Å². The Kier molecular flexibility index (Phi) is 4.49. The fourth-order valence-corrected chi connectivity index (χ4v) is 3.00. The number of hydrogen-bond acceptors (Lipinski definition) is 4. The van der Waals surface area contributed by atoms with Crippen LogP contribution in [0.3, 0.4) is 0 Å². The highest BCUT2D eigenvalue weighted by atomic mass is 32.2. The predicted molar refractivity (Wildman–Crippen MR) is 73.5 cm³/mol. The summed E-state index contributed by atoms with van der Waals surface area (Å²) in [6.07, 6.45) is 0. The number of hydrogen-bond donors (Lipinski definition) is 2. The summed E-state index contributed by atoms with van der Waals surface area (Å²) >= 11 is 1.92. The number of nitrogens with two attached hydrogens (primary N) is 1. The number of primary amides is 1. The molecule has 1 fully saturated rings. The van der Waals surface area contributed by atoms with E-state index < -0.39 is 5.91 Å². The third-order valence-electron chi connectivity index (χ3n) is 2.76. The Labute approximate surface area is 111 Å². The van der Waals surface area contributed by atoms with Crippen LogP contribution in [0, 0.1) is 5.92 Å². The average molecular weight is 266 g/mol. The Morgan fingerprint density at radius 3 is 2.78 bits per heavy atom. The zero-order chi connectivity index (χ0) is 13.0. The van der Waals surface area contributed by atoms with Crippen LogP contribution in [0.1, 0.15) is 17.9 Å². The molecule has 98 valence electrons. The van der Waals surface area contributed by atoms with E-state index in [1.807, 2.05) is 36.0 Å². The Morgan fingerprint density at radius 2 is 2.22 bits per heavy atom. The maximum Gasteiger partial charge on any atom is 0.255 e. The van der Waals surface area contributed by atoms with Crippen molar-refractivity contribution in [3.8, 4) is 5.75 Å². The fraction of sp³-hybridized carbons (Fsp3) is 0.462. The van der Waals surface area contributed by atoms with Crippen LogP contribution in [-0.2, 0) is 4.79 Å². The summed E-state index contributed by atoms with van der Waals surface area (Å²) in [6.45, 7) is 3.22. The topological polar surface area (TPSA) is 64.3 Å². The zero-order valence-electron chi connectivity index (χ0n) is 10.4. The molecule has 2 unspecified atom stereocenters. The third kappa shape index (κ3) is 3.65. The van der Waals surface area contributed by atoms with Crippen molar-refractivity contribution in [3.63, 3.8) is 0 Å². The smallest absolute Gasteiger partial charge is 0.255 e. The fourth-order valence-electron chi connectivity index (χ4n) is 1.79. The van der Waals surface area contributed by atoms with Gasteiger partial charge in [0.2, 0.25) is 0 Å². The Morgan fingerprint density at radius 1 is 1.50 bits per heavy atom. The molecule has 0 bridgehead atoms. The molecule has 5 heteroatoms. The minimum atomic E-state index is -0.461. The van der Waals surface area contributed by atoms with Crippen LogP contribution in [0.5, 0.6) is 5.75 Å². The monoisotopic (exact) mass is 266 g/mol. The summed E-state index contributed by atoms with van der Waals surface area (Å²) in [6, 6.07) is 7.80. The quantitative estimate of drug-likeness (QED) is 0.867. The van der Waals surface area contributed by atoms with E-state index in [0.29, 0.717) is 11.1 Å². The van der Waals surface area contributed by atoms with Gasteiger partial charge in [0.15, 0.2) is 6.61 Å². The molecule has 0 saturated carbocycles. The number of carbonyl (C=O) groups is 1. The number of amides is 1. The number of nitrogens with one attached hydrogen (secondary N) is 1. The van der Waals surface area contributed by atoms with Gasteiger partial charge in [0.05, 0.1) is 5.37 Å². The first kappa shape index (κ1) is 13.2. The Hall–Kier alpha value is -1.20. The lowest BCUT2D eigenvalue weighted by Crippen LogP contribution is -2.31. The van der Waals surface area contributed by atoms with Crippen molar-refractivity contribution >= 4 is 17.7 Å². The number of thioether (sulfide) groups is 1. The van der Waals surface area contributed by atoms with E-state index in [-0.39, 0.29) is 6.61 Å². The molecule has 4 nitrogen and oxygen atoms in total. The molecule has 1 aliphatic heterocycles. The van der Waals surface area contributed by atoms with E-state index in [4.69, 9.17) is 10.5 Å². The van der Waals surface area contributed by atoms with Gasteiger partial charge in [0.1, 0.15) is 5.75 Å². The molecule has 0 aliphatic carbocycles. The van der Waals surface area contributed by atoms with Crippen LogP contribution in [0.4, 0.5) is 0 Å². The number of ether oxygens (including phenoxy) is 1. The molecule has 1 amide bonds. The molecular weight excluding hydrogens is 248 g/mol. The van der Waals surface area contributed by atoms with Gasteiger partial charge in [-0.2, -0.15) is 0 Å². The summed E-state index contributed by atoms with van der Waals surface area (Å²) in [5.74, 6) is 2.12. The molecular formula is C13H18N2O2S. The van der Waals surface area contributed by atoms with E-state index >= 15 is 0 Å². The molecule has 1 aromatic carbocycles. The third-order valence-corrected chi connectivity index (χ3v) is 4.30. The summed E-state index contributed by atoms with van der Waals surface area (Å²) < 4.78 is 5.23. The highest BCUT2D eigenvalue weighted by Crippen LogP contribution is 2.32. The van der Waals surface area contributed by atoms with Crippen molar-refractivity contribution < 1.29 is 9.53 Å². The molecule has 2 atom stereocenters. The molecule has 2 rings (SSSR count). The number of rotatable bonds is 4. The largest absolute Gasteiger partial charge is 0.484 e. The average Bonchev–Trinajstić information content (AvgIpc) is 2.38. The van der Waals surface area contributed by atoms with Gasteiger partial charge in [0, 0.05) is 0 Å². The van der Waals surface area contributed by atoms with Gasteiger partial charge in [-0.15, -0.1) is 11.8 Å². The molecule has 1 heterocycles. The van der Waals surface area contributed by atoms with Crippen molar-refractivity contribution in [2.24, 2.45) is 11.7 Å². The molecule has 3 N–H and O–H groups in total. The van der Waals surface area contributed by atoms with Gasteiger partial charge in [-0.05, 0) is 35.9 Å². The van der Waals surface area contributed by atoms with Crippen molar-refractivity contribution in [3.05, 3.63) is 29.8 Å². The van der Waals surface area contributed by atoms with Gasteiger partial charge in [-0.3, -0.25) is 4.79 Å². The van der Waals surface area contributed by atoms with Gasteiger partial charge < -0.3 is 15.8 Å². The second kappa shape index (κ2) is 6.11. The molecule has 1 aliphatic rings. The van der Waals surface area contributed by atoms with Crippen LogP contribution in [0.15, 0.2) is 24.3 Å². The van der Waals surface area contributed by atoms with Crippen LogP contribution >= 0.6 is 11.8 Å². The maximum atomic E-state index is 10.6. The zero-order valence-corrected chi connectivity index (χ0v) is 11.2. The van der Waals surface area contributed by atoms with E-state index in [1.165, 1.54) is 11.3 Å². The van der Waals surface area contributed by atoms with E-state index in [2.05, 4.69) is 12.2 Å². The second-order valence-electron chi connectivity index (χ2n) is 4.55. The lowest BCUT2D eigenvalue weighted by Gasteiger charge is -2.27. The Bertz CT molecular complexity index is 400. The minimum Gasteiger partial charge on any atom is -0.484 e. The normalized spacial score (nSPS) is 23.6. The lowest BCUT2D eigenvalue weighted by atomic mass is 10.2. The van der Waals surface area contributed by atoms with Gasteiger partial charge in [-0.25, -0.2) is 0 Å². The first-order valence-corrected chi connectivity index (χ1v) is 7.06. The van der Waals surface area contributed by atoms with Crippen molar-refractivity contribution in [2.75, 3.05) is 18.9 Å². The van der Waals surface area contributed by atoms with Crippen LogP contribution in [0.2, 0.25) is 0 Å². The molecule has 18 heavy (non-hydrogen) atoms. The van der Waals surface area contributed by atoms with Crippen LogP contribution < -0.4 is 15.8 Å². The van der Waals surface area contributed by atoms with Gasteiger partial charge >= 0.3 is 0 Å². The molecule has 1 aromatic rings. The van der Waals surface area contributed by atoms with Gasteiger partial charge in [0.25, 0.3) is 5.91 Å². The first-order valence-electron chi connectivity index (χ1n) is 6.01. The molecule has 0 radical (unpaired) electrons. The minimum absolute atomic E-state index is 0.0761. The summed E-state index contributed by atoms with van der Waals surface area (Å²) in [5, 5.41) is 3.86. The maximum absolute atomic E-state index is 10.6. The molecule has 0 aromatic heterocycles. The van der Waals surface area contributed by atoms with Crippen molar-refractivity contribution in [1.82, 2.24) is 5.32 Å². The molecule has 0 spiro atoms. The van der Waals surface area contributed by atoms with E-state index in [1.54, 1.807) is 0 Å². The number of carbonyl (C=O) groups excluding carboxylic acids is 1. The van der Waals surface area contributed by atoms with Gasteiger partial charge in [-0.1, -0.05) is 19.1 Å². The number of benzene rings is 1. The predicted octanol–water partition coefficient (Wildman–Crippen LogP) is 1.52. The Balaban J connectivity index is 1.93. The standard InChI is InChI=1S/C13H18N2O2S/c1-9-6-15-13(18-8-9)10-2-4-11(5-3-10)17-7-12(14)16/h2-5,9,13,15H,6-8H2,1H3,(H2,14,16). The van der Waals surface area contributed by atoms with Crippen molar-refractivity contribution in [1.29, 1.82) is 0 Å². The van der Waals surface area contributed by atoms with Crippen LogP contribution in [-0.4, -0.2) is 24.8 Å². The highest BCUT2D eigenvalue weighted by molar-refractivity contribution is 7.99. The SMILES string of the molecule is CC1CNC(c2ccc(OCC(N)=O)cc2)SC1. The van der Waals surface area contributed by atoms with Crippen LogP contribution in [0.25, 0.3) is 0 Å². The highest BCUT2D eigenvalue weighted by Gasteiger charge is 2.19. The molecule has 1 saturated heterocycles. The summed E-state index contributed by atoms with van der Waals surface area (Å²) in [4.78, 5) is 10.6. The van der Waals surface area contributed by atoms with Crippen molar-refractivity contribution in [2.45, 2.75) is 12.3 Å². The lowest BCUT2D eigenvalue weighted by molar-refractivity contribution is -0.119. The summed E-state index contributed by atoms with van der Waals surface area (Å²) in [7, 11) is 0. The first-order chi connectivity index (χ1) is 8.65. The summed E-state index contributed by atoms with van der Waals surface area (Å²) in [5.41, 5.74) is 6.26. The second-order valence-corrected chi connectivity index (χ2v) is 5.69. The van der Waals surface area contributed by atoms with E-state index in [9.17, 15) is 4.79 Å².